The molecule has 0 bridgehead atoms. The van der Waals surface area contributed by atoms with E-state index in [1.807, 2.05) is 24.3 Å². The Morgan fingerprint density at radius 2 is 1.96 bits per heavy atom. The van der Waals surface area contributed by atoms with Crippen LogP contribution in [0.4, 0.5) is 0 Å². The van der Waals surface area contributed by atoms with Crippen molar-refractivity contribution >= 4 is 23.2 Å². The average Bonchev–Trinajstić information content (AvgIpc) is 2.65. The summed E-state index contributed by atoms with van der Waals surface area (Å²) in [5.74, 6) is 0.733. The van der Waals surface area contributed by atoms with Gasteiger partial charge in [0.15, 0.2) is 0 Å². The number of benzene rings is 1. The molecule has 2 heterocycles. The first-order valence-electron chi connectivity index (χ1n) is 8.63. The number of nitrogens with one attached hydrogen (secondary N) is 2. The quantitative estimate of drug-likeness (QED) is 0.630. The first kappa shape index (κ1) is 19.5. The van der Waals surface area contributed by atoms with Crippen molar-refractivity contribution in [3.63, 3.8) is 0 Å². The zero-order valence-corrected chi connectivity index (χ0v) is 16.6. The molecular weight excluding hydrogens is 383 g/mol. The van der Waals surface area contributed by atoms with Crippen LogP contribution in [0.3, 0.4) is 0 Å². The summed E-state index contributed by atoms with van der Waals surface area (Å²) in [5, 5.41) is 4.52. The van der Waals surface area contributed by atoms with Gasteiger partial charge in [-0.3, -0.25) is 9.78 Å². The van der Waals surface area contributed by atoms with Crippen molar-refractivity contribution in [2.45, 2.75) is 26.4 Å². The zero-order chi connectivity index (χ0) is 19.4. The molecule has 2 N–H and O–H groups in total. The summed E-state index contributed by atoms with van der Waals surface area (Å²) >= 11 is 12.1. The minimum absolute atomic E-state index is 0.0998. The second-order valence-corrected chi connectivity index (χ2v) is 7.43. The number of hydrogen-bond acceptors (Lipinski definition) is 4. The largest absolute Gasteiger partial charge is 0.306 e. The molecule has 1 atom stereocenters. The van der Waals surface area contributed by atoms with Crippen LogP contribution >= 0.6 is 23.2 Å². The van der Waals surface area contributed by atoms with Gasteiger partial charge in [0.05, 0.1) is 21.8 Å². The maximum absolute atomic E-state index is 12.2. The van der Waals surface area contributed by atoms with E-state index in [1.54, 1.807) is 18.5 Å². The third-order valence-corrected chi connectivity index (χ3v) is 4.93. The van der Waals surface area contributed by atoms with Crippen LogP contribution in [-0.2, 0) is 6.54 Å². The molecule has 0 fully saturated rings. The molecule has 0 aliphatic rings. The molecule has 0 unspecified atom stereocenters. The van der Waals surface area contributed by atoms with Gasteiger partial charge in [-0.15, -0.1) is 0 Å². The Kier molecular flexibility index (Phi) is 6.26. The van der Waals surface area contributed by atoms with Crippen LogP contribution in [0.15, 0.2) is 53.6 Å². The molecule has 1 aromatic carbocycles. The van der Waals surface area contributed by atoms with Gasteiger partial charge >= 0.3 is 0 Å². The first-order valence-corrected chi connectivity index (χ1v) is 9.38. The van der Waals surface area contributed by atoms with Crippen LogP contribution in [-0.4, -0.2) is 15.0 Å². The van der Waals surface area contributed by atoms with Crippen LogP contribution in [0.5, 0.6) is 0 Å². The number of aromatic amines is 1. The minimum atomic E-state index is -0.194. The van der Waals surface area contributed by atoms with Gasteiger partial charge in [0.1, 0.15) is 5.82 Å². The lowest BCUT2D eigenvalue weighted by Gasteiger charge is -2.22. The highest BCUT2D eigenvalue weighted by Gasteiger charge is 2.19. The predicted molar refractivity (Wildman–Crippen MR) is 109 cm³/mol. The predicted octanol–water partition coefficient (Wildman–Crippen LogP) is 4.63. The summed E-state index contributed by atoms with van der Waals surface area (Å²) in [6, 6.07) is 10.6. The summed E-state index contributed by atoms with van der Waals surface area (Å²) in [5.41, 5.74) is 2.27. The van der Waals surface area contributed by atoms with Crippen LogP contribution in [0, 0.1) is 5.92 Å². The molecule has 0 aliphatic carbocycles. The van der Waals surface area contributed by atoms with Crippen molar-refractivity contribution in [2.75, 3.05) is 0 Å². The standard InChI is InChI=1S/C20H20Cl2N4O/c1-12(2)19(24-10-13-5-6-15(21)16(22)8-13)17-9-18(27)26-20(25-17)14-4-3-7-23-11-14/h3-9,11-12,19,24H,10H2,1-2H3,(H,25,26,27)/t19-/m1/s1. The van der Waals surface area contributed by atoms with Gasteiger partial charge in [0.25, 0.3) is 5.56 Å². The summed E-state index contributed by atoms with van der Waals surface area (Å²) in [6.45, 7) is 4.74. The topological polar surface area (TPSA) is 70.7 Å². The highest BCUT2D eigenvalue weighted by Crippen LogP contribution is 2.25. The lowest BCUT2D eigenvalue weighted by atomic mass is 10.00. The lowest BCUT2D eigenvalue weighted by molar-refractivity contribution is 0.401. The third kappa shape index (κ3) is 4.95. The smallest absolute Gasteiger partial charge is 0.251 e. The zero-order valence-electron chi connectivity index (χ0n) is 15.0. The van der Waals surface area contributed by atoms with Gasteiger partial charge < -0.3 is 10.3 Å². The second kappa shape index (κ2) is 8.65. The highest BCUT2D eigenvalue weighted by atomic mass is 35.5. The fraction of sp³-hybridized carbons (Fsp3) is 0.250. The molecule has 3 aromatic rings. The lowest BCUT2D eigenvalue weighted by Crippen LogP contribution is -2.28. The molecule has 0 saturated carbocycles. The van der Waals surface area contributed by atoms with Crippen molar-refractivity contribution < 1.29 is 0 Å². The van der Waals surface area contributed by atoms with E-state index < -0.39 is 0 Å². The van der Waals surface area contributed by atoms with Crippen LogP contribution in [0.2, 0.25) is 10.0 Å². The summed E-state index contributed by atoms with van der Waals surface area (Å²) in [4.78, 5) is 23.7. The molecule has 7 heteroatoms. The highest BCUT2D eigenvalue weighted by molar-refractivity contribution is 6.42. The summed E-state index contributed by atoms with van der Waals surface area (Å²) < 4.78 is 0. The van der Waals surface area contributed by atoms with Crippen molar-refractivity contribution in [3.05, 3.63) is 80.4 Å². The fourth-order valence-corrected chi connectivity index (χ4v) is 3.16. The number of rotatable bonds is 6. The van der Waals surface area contributed by atoms with Crippen LogP contribution < -0.4 is 10.9 Å². The van der Waals surface area contributed by atoms with E-state index in [-0.39, 0.29) is 17.5 Å². The molecule has 27 heavy (non-hydrogen) atoms. The Labute approximate surface area is 167 Å². The monoisotopic (exact) mass is 402 g/mol. The Morgan fingerprint density at radius 3 is 2.63 bits per heavy atom. The molecule has 0 saturated heterocycles. The van der Waals surface area contributed by atoms with Gasteiger partial charge in [-0.1, -0.05) is 43.1 Å². The van der Waals surface area contributed by atoms with E-state index in [1.165, 1.54) is 6.07 Å². The van der Waals surface area contributed by atoms with E-state index >= 15 is 0 Å². The molecule has 0 radical (unpaired) electrons. The average molecular weight is 403 g/mol. The maximum Gasteiger partial charge on any atom is 0.251 e. The van der Waals surface area contributed by atoms with Gasteiger partial charge in [-0.25, -0.2) is 4.98 Å². The molecular formula is C20H20Cl2N4O. The number of halogens is 2. The number of nitrogens with zero attached hydrogens (tertiary/aromatic N) is 2. The molecule has 0 amide bonds. The summed E-state index contributed by atoms with van der Waals surface area (Å²) in [7, 11) is 0. The number of pyridine rings is 1. The van der Waals surface area contributed by atoms with E-state index in [2.05, 4.69) is 34.1 Å². The fourth-order valence-electron chi connectivity index (χ4n) is 2.83. The summed E-state index contributed by atoms with van der Waals surface area (Å²) in [6.07, 6.45) is 3.36. The van der Waals surface area contributed by atoms with Crippen LogP contribution in [0.1, 0.15) is 31.1 Å². The van der Waals surface area contributed by atoms with Gasteiger partial charge in [0, 0.05) is 30.6 Å². The molecule has 2 aromatic heterocycles. The molecule has 5 nitrogen and oxygen atoms in total. The SMILES string of the molecule is CC(C)[C@@H](NCc1ccc(Cl)c(Cl)c1)c1cc(=O)[nH]c(-c2cccnc2)n1. The Bertz CT molecular complexity index is 973. The number of aromatic nitrogens is 3. The third-order valence-electron chi connectivity index (χ3n) is 4.19. The van der Waals surface area contributed by atoms with Crippen molar-refractivity contribution in [3.8, 4) is 11.4 Å². The van der Waals surface area contributed by atoms with Gasteiger partial charge in [-0.2, -0.15) is 0 Å². The number of H-pyrrole nitrogens is 1. The maximum atomic E-state index is 12.2. The van der Waals surface area contributed by atoms with Gasteiger partial charge in [-0.05, 0) is 35.7 Å². The van der Waals surface area contributed by atoms with Crippen molar-refractivity contribution in [2.24, 2.45) is 5.92 Å². The van der Waals surface area contributed by atoms with Crippen molar-refractivity contribution in [1.29, 1.82) is 0 Å². The second-order valence-electron chi connectivity index (χ2n) is 6.61. The van der Waals surface area contributed by atoms with E-state index in [0.29, 0.717) is 28.1 Å². The molecule has 0 spiro atoms. The Hall–Kier alpha value is -2.21. The van der Waals surface area contributed by atoms with E-state index in [9.17, 15) is 4.79 Å². The van der Waals surface area contributed by atoms with Crippen molar-refractivity contribution in [1.82, 2.24) is 20.3 Å². The van der Waals surface area contributed by atoms with E-state index in [4.69, 9.17) is 23.2 Å². The molecule has 140 valence electrons. The normalized spacial score (nSPS) is 12.3. The Morgan fingerprint density at radius 1 is 1.15 bits per heavy atom. The molecule has 0 aliphatic heterocycles. The molecule has 3 rings (SSSR count). The minimum Gasteiger partial charge on any atom is -0.306 e. The number of hydrogen-bond donors (Lipinski definition) is 2. The van der Waals surface area contributed by atoms with E-state index in [0.717, 1.165) is 11.1 Å². The first-order chi connectivity index (χ1) is 12.9. The van der Waals surface area contributed by atoms with Gasteiger partial charge in [0.2, 0.25) is 0 Å². The van der Waals surface area contributed by atoms with Crippen LogP contribution in [0.25, 0.3) is 11.4 Å². The Balaban J connectivity index is 1.87.